The van der Waals surface area contributed by atoms with Gasteiger partial charge >= 0.3 is 5.97 Å². The fraction of sp³-hybridized carbons (Fsp3) is 0.429. The largest absolute Gasteiger partial charge is 0.496 e. The summed E-state index contributed by atoms with van der Waals surface area (Å²) in [4.78, 5) is 23.0. The van der Waals surface area contributed by atoms with E-state index in [1.807, 2.05) is 6.92 Å². The van der Waals surface area contributed by atoms with Crippen molar-refractivity contribution in [2.75, 3.05) is 7.11 Å². The Morgan fingerprint density at radius 3 is 2.70 bits per heavy atom. The van der Waals surface area contributed by atoms with Crippen LogP contribution in [0.25, 0.3) is 0 Å². The summed E-state index contributed by atoms with van der Waals surface area (Å²) in [7, 11) is 1.45. The Hall–Kier alpha value is -1.75. The fourth-order valence-electron chi connectivity index (χ4n) is 1.90. The van der Waals surface area contributed by atoms with E-state index in [2.05, 4.69) is 5.32 Å². The number of carbonyl (C=O) groups is 2. The molecule has 2 N–H and O–H groups in total. The first-order chi connectivity index (χ1) is 9.47. The van der Waals surface area contributed by atoms with Gasteiger partial charge in [0, 0.05) is 11.1 Å². The van der Waals surface area contributed by atoms with E-state index in [9.17, 15) is 9.59 Å². The summed E-state index contributed by atoms with van der Waals surface area (Å²) in [6.07, 6.45) is 1.29. The molecular weight excluding hydrogens is 282 g/mol. The fourth-order valence-corrected chi connectivity index (χ4v) is 2.06. The van der Waals surface area contributed by atoms with Crippen LogP contribution < -0.4 is 10.1 Å². The Balaban J connectivity index is 2.85. The van der Waals surface area contributed by atoms with E-state index in [1.54, 1.807) is 18.2 Å². The lowest BCUT2D eigenvalue weighted by Gasteiger charge is -2.17. The first kappa shape index (κ1) is 16.3. The van der Waals surface area contributed by atoms with Gasteiger partial charge in [0.05, 0.1) is 19.1 Å². The maximum atomic E-state index is 12.2. The Bertz CT molecular complexity index is 490. The zero-order chi connectivity index (χ0) is 15.1. The molecule has 0 radical (unpaired) electrons. The first-order valence-electron chi connectivity index (χ1n) is 6.34. The van der Waals surface area contributed by atoms with E-state index in [0.717, 1.165) is 6.42 Å². The Labute approximate surface area is 122 Å². The second kappa shape index (κ2) is 7.75. The number of carboxylic acids is 1. The molecule has 6 heteroatoms. The van der Waals surface area contributed by atoms with Crippen LogP contribution in [0.5, 0.6) is 5.75 Å². The summed E-state index contributed by atoms with van der Waals surface area (Å²) >= 11 is 5.84. The molecule has 1 aromatic carbocycles. The standard InChI is InChI=1S/C14H18ClNO4/c1-3-4-10(8-13(17)18)16-14(19)11-6-5-9(15)7-12(11)20-2/h5-7,10H,3-4,8H2,1-2H3,(H,16,19)(H,17,18). The summed E-state index contributed by atoms with van der Waals surface area (Å²) in [5, 5.41) is 12.0. The lowest BCUT2D eigenvalue weighted by Crippen LogP contribution is -2.36. The van der Waals surface area contributed by atoms with Crippen LogP contribution in [0, 0.1) is 0 Å². The van der Waals surface area contributed by atoms with Gasteiger partial charge in [-0.05, 0) is 24.6 Å². The number of methoxy groups -OCH3 is 1. The van der Waals surface area contributed by atoms with Crippen molar-refractivity contribution in [2.24, 2.45) is 0 Å². The van der Waals surface area contributed by atoms with Crippen LogP contribution in [0.3, 0.4) is 0 Å². The number of rotatable bonds is 7. The predicted molar refractivity (Wildman–Crippen MR) is 76.4 cm³/mol. The highest BCUT2D eigenvalue weighted by Gasteiger charge is 2.18. The van der Waals surface area contributed by atoms with Crippen molar-refractivity contribution >= 4 is 23.5 Å². The van der Waals surface area contributed by atoms with Crippen molar-refractivity contribution in [3.05, 3.63) is 28.8 Å². The Kier molecular flexibility index (Phi) is 6.31. The van der Waals surface area contributed by atoms with Crippen LogP contribution in [-0.2, 0) is 4.79 Å². The quantitative estimate of drug-likeness (QED) is 0.811. The molecule has 0 aliphatic heterocycles. The smallest absolute Gasteiger partial charge is 0.305 e. The third-order valence-electron chi connectivity index (χ3n) is 2.80. The summed E-state index contributed by atoms with van der Waals surface area (Å²) in [6, 6.07) is 4.29. The molecular formula is C14H18ClNO4. The molecule has 5 nitrogen and oxygen atoms in total. The Morgan fingerprint density at radius 1 is 1.45 bits per heavy atom. The van der Waals surface area contributed by atoms with Crippen LogP contribution in [0.2, 0.25) is 5.02 Å². The molecule has 1 amide bonds. The lowest BCUT2D eigenvalue weighted by atomic mass is 10.1. The molecule has 1 aromatic rings. The lowest BCUT2D eigenvalue weighted by molar-refractivity contribution is -0.137. The molecule has 0 aromatic heterocycles. The summed E-state index contributed by atoms with van der Waals surface area (Å²) in [5.74, 6) is -0.939. The number of nitrogens with one attached hydrogen (secondary N) is 1. The van der Waals surface area contributed by atoms with Gasteiger partial charge in [-0.25, -0.2) is 0 Å². The minimum atomic E-state index is -0.938. The minimum Gasteiger partial charge on any atom is -0.496 e. The second-order valence-corrected chi connectivity index (χ2v) is 4.84. The predicted octanol–water partition coefficient (Wildman–Crippen LogP) is 2.72. The second-order valence-electron chi connectivity index (χ2n) is 4.40. The van der Waals surface area contributed by atoms with E-state index >= 15 is 0 Å². The topological polar surface area (TPSA) is 75.6 Å². The number of carboxylic acid groups (broad SMARTS) is 1. The van der Waals surface area contributed by atoms with Crippen molar-refractivity contribution in [2.45, 2.75) is 32.2 Å². The van der Waals surface area contributed by atoms with Gasteiger partial charge in [-0.3, -0.25) is 9.59 Å². The van der Waals surface area contributed by atoms with E-state index in [-0.39, 0.29) is 12.3 Å². The SMILES string of the molecule is CCCC(CC(=O)O)NC(=O)c1ccc(Cl)cc1OC. The molecule has 0 saturated carbocycles. The minimum absolute atomic E-state index is 0.102. The highest BCUT2D eigenvalue weighted by molar-refractivity contribution is 6.30. The summed E-state index contributed by atoms with van der Waals surface area (Å²) < 4.78 is 5.11. The van der Waals surface area contributed by atoms with E-state index < -0.39 is 12.0 Å². The maximum absolute atomic E-state index is 12.2. The van der Waals surface area contributed by atoms with Crippen molar-refractivity contribution in [3.8, 4) is 5.75 Å². The first-order valence-corrected chi connectivity index (χ1v) is 6.72. The summed E-state index contributed by atoms with van der Waals surface area (Å²) in [5.41, 5.74) is 0.336. The van der Waals surface area contributed by atoms with Crippen LogP contribution in [-0.4, -0.2) is 30.1 Å². The van der Waals surface area contributed by atoms with E-state index in [1.165, 1.54) is 7.11 Å². The third-order valence-corrected chi connectivity index (χ3v) is 3.04. The number of aliphatic carboxylic acids is 1. The van der Waals surface area contributed by atoms with Crippen LogP contribution in [0.15, 0.2) is 18.2 Å². The number of carbonyl (C=O) groups excluding carboxylic acids is 1. The van der Waals surface area contributed by atoms with Gasteiger partial charge in [0.15, 0.2) is 0 Å². The number of hydrogen-bond acceptors (Lipinski definition) is 3. The number of hydrogen-bond donors (Lipinski definition) is 2. The Morgan fingerprint density at radius 2 is 2.15 bits per heavy atom. The highest BCUT2D eigenvalue weighted by Crippen LogP contribution is 2.23. The molecule has 0 saturated heterocycles. The van der Waals surface area contributed by atoms with Crippen molar-refractivity contribution in [1.82, 2.24) is 5.32 Å². The molecule has 0 spiro atoms. The molecule has 0 aliphatic carbocycles. The monoisotopic (exact) mass is 299 g/mol. The van der Waals surface area contributed by atoms with Crippen LogP contribution >= 0.6 is 11.6 Å². The number of amides is 1. The van der Waals surface area contributed by atoms with Crippen LogP contribution in [0.1, 0.15) is 36.5 Å². The van der Waals surface area contributed by atoms with Gasteiger partial charge in [0.1, 0.15) is 5.75 Å². The summed E-state index contributed by atoms with van der Waals surface area (Å²) in [6.45, 7) is 1.93. The van der Waals surface area contributed by atoms with Gasteiger partial charge < -0.3 is 15.2 Å². The highest BCUT2D eigenvalue weighted by atomic mass is 35.5. The van der Waals surface area contributed by atoms with Gasteiger partial charge in [0.25, 0.3) is 5.91 Å². The number of halogens is 1. The molecule has 20 heavy (non-hydrogen) atoms. The van der Waals surface area contributed by atoms with E-state index in [0.29, 0.717) is 22.8 Å². The molecule has 0 aliphatic rings. The van der Waals surface area contributed by atoms with Gasteiger partial charge in [0.2, 0.25) is 0 Å². The van der Waals surface area contributed by atoms with Gasteiger partial charge in [-0.2, -0.15) is 0 Å². The normalized spacial score (nSPS) is 11.8. The molecule has 0 fully saturated rings. The molecule has 1 rings (SSSR count). The number of ether oxygens (including phenoxy) is 1. The van der Waals surface area contributed by atoms with Gasteiger partial charge in [-0.15, -0.1) is 0 Å². The van der Waals surface area contributed by atoms with Crippen LogP contribution in [0.4, 0.5) is 0 Å². The number of benzene rings is 1. The zero-order valence-electron chi connectivity index (χ0n) is 11.5. The molecule has 1 atom stereocenters. The average molecular weight is 300 g/mol. The van der Waals surface area contributed by atoms with Gasteiger partial charge in [-0.1, -0.05) is 24.9 Å². The molecule has 1 unspecified atom stereocenters. The van der Waals surface area contributed by atoms with Crippen molar-refractivity contribution < 1.29 is 19.4 Å². The molecule has 0 bridgehead atoms. The maximum Gasteiger partial charge on any atom is 0.305 e. The molecule has 110 valence electrons. The zero-order valence-corrected chi connectivity index (χ0v) is 12.2. The van der Waals surface area contributed by atoms with Crippen molar-refractivity contribution in [3.63, 3.8) is 0 Å². The average Bonchev–Trinajstić information content (AvgIpc) is 2.37. The molecule has 0 heterocycles. The third kappa shape index (κ3) is 4.74. The van der Waals surface area contributed by atoms with Crippen molar-refractivity contribution in [1.29, 1.82) is 0 Å². The van der Waals surface area contributed by atoms with E-state index in [4.69, 9.17) is 21.4 Å².